The fourth-order valence-electron chi connectivity index (χ4n) is 2.57. The number of benzene rings is 1. The maximum Gasteiger partial charge on any atom is 0.352 e. The second-order valence-corrected chi connectivity index (χ2v) is 5.20. The summed E-state index contributed by atoms with van der Waals surface area (Å²) < 4.78 is 8.95. The first kappa shape index (κ1) is 15.2. The summed E-state index contributed by atoms with van der Waals surface area (Å²) in [7, 11) is 1.61. The summed E-state index contributed by atoms with van der Waals surface area (Å²) in [6, 6.07) is 9.85. The average molecular weight is 314 g/mol. The Balaban J connectivity index is 1.90. The molecule has 0 aliphatic carbocycles. The Morgan fingerprint density at radius 2 is 1.91 bits per heavy atom. The van der Waals surface area contributed by atoms with Crippen molar-refractivity contribution >= 4 is 11.2 Å². The molecule has 1 aromatic carbocycles. The van der Waals surface area contributed by atoms with Crippen molar-refractivity contribution in [3.05, 3.63) is 52.2 Å². The predicted molar refractivity (Wildman–Crippen MR) is 85.0 cm³/mol. The topological polar surface area (TPSA) is 82.2 Å². The molecule has 3 rings (SSSR count). The number of aryl methyl sites for hydroxylation is 2. The van der Waals surface area contributed by atoms with E-state index >= 15 is 0 Å². The largest absolute Gasteiger partial charge is 0.492 e. The molecule has 0 atom stereocenters. The Labute approximate surface area is 132 Å². The van der Waals surface area contributed by atoms with Crippen LogP contribution in [0.5, 0.6) is 5.88 Å². The van der Waals surface area contributed by atoms with Crippen LogP contribution >= 0.6 is 0 Å². The first-order chi connectivity index (χ1) is 11.1. The molecular formula is C16H18N4O3. The van der Waals surface area contributed by atoms with Gasteiger partial charge in [0.25, 0.3) is 0 Å². The lowest BCUT2D eigenvalue weighted by atomic mass is 10.2. The van der Waals surface area contributed by atoms with Crippen molar-refractivity contribution in [2.75, 3.05) is 0 Å². The highest BCUT2D eigenvalue weighted by Crippen LogP contribution is 2.21. The maximum atomic E-state index is 11.7. The predicted octanol–water partition coefficient (Wildman–Crippen LogP) is 1.57. The van der Waals surface area contributed by atoms with Crippen LogP contribution in [0, 0.1) is 0 Å². The van der Waals surface area contributed by atoms with Crippen LogP contribution in [0.15, 0.2) is 35.1 Å². The minimum absolute atomic E-state index is 0.283. The van der Waals surface area contributed by atoms with Crippen molar-refractivity contribution in [2.45, 2.75) is 26.7 Å². The number of rotatable bonds is 5. The molecular weight excluding hydrogens is 296 g/mol. The van der Waals surface area contributed by atoms with Gasteiger partial charge in [0, 0.05) is 13.6 Å². The molecule has 0 fully saturated rings. The van der Waals surface area contributed by atoms with E-state index in [0.717, 1.165) is 5.56 Å². The van der Waals surface area contributed by atoms with Gasteiger partial charge in [-0.15, -0.1) is 0 Å². The van der Waals surface area contributed by atoms with E-state index < -0.39 is 5.69 Å². The number of imidazole rings is 1. The van der Waals surface area contributed by atoms with Crippen molar-refractivity contribution in [1.29, 1.82) is 0 Å². The van der Waals surface area contributed by atoms with Crippen molar-refractivity contribution in [3.63, 3.8) is 0 Å². The second kappa shape index (κ2) is 6.21. The van der Waals surface area contributed by atoms with Crippen LogP contribution in [0.2, 0.25) is 0 Å². The van der Waals surface area contributed by atoms with Gasteiger partial charge >= 0.3 is 5.69 Å². The fourth-order valence-corrected chi connectivity index (χ4v) is 2.57. The smallest absolute Gasteiger partial charge is 0.352 e. The molecule has 2 aromatic heterocycles. The summed E-state index contributed by atoms with van der Waals surface area (Å²) >= 11 is 0. The van der Waals surface area contributed by atoms with E-state index in [4.69, 9.17) is 4.74 Å². The van der Waals surface area contributed by atoms with E-state index in [0.29, 0.717) is 30.1 Å². The third-order valence-corrected chi connectivity index (χ3v) is 3.70. The van der Waals surface area contributed by atoms with Gasteiger partial charge in [0.1, 0.15) is 18.1 Å². The first-order valence-electron chi connectivity index (χ1n) is 7.38. The number of nitrogens with zero attached hydrogens (tertiary/aromatic N) is 4. The van der Waals surface area contributed by atoms with Crippen molar-refractivity contribution in [3.8, 4) is 5.88 Å². The Hall–Kier alpha value is -2.67. The van der Waals surface area contributed by atoms with Gasteiger partial charge in [0.05, 0.1) is 6.61 Å². The van der Waals surface area contributed by atoms with E-state index in [2.05, 4.69) is 9.97 Å². The lowest BCUT2D eigenvalue weighted by Gasteiger charge is -2.08. The molecule has 3 aromatic rings. The Morgan fingerprint density at radius 1 is 1.17 bits per heavy atom. The molecule has 120 valence electrons. The summed E-state index contributed by atoms with van der Waals surface area (Å²) in [5.74, 6) is 0.302. The summed E-state index contributed by atoms with van der Waals surface area (Å²) in [6.45, 7) is 3.31. The van der Waals surface area contributed by atoms with Crippen molar-refractivity contribution in [1.82, 2.24) is 19.1 Å². The molecule has 0 radical (unpaired) electrons. The quantitative estimate of drug-likeness (QED) is 0.773. The number of aromatic hydroxyl groups is 1. The van der Waals surface area contributed by atoms with E-state index in [1.165, 1.54) is 4.57 Å². The summed E-state index contributed by atoms with van der Waals surface area (Å²) in [6.07, 6.45) is 0. The third-order valence-electron chi connectivity index (χ3n) is 3.70. The Morgan fingerprint density at radius 3 is 2.61 bits per heavy atom. The number of ether oxygens (including phenoxy) is 1. The Bertz CT molecular complexity index is 884. The van der Waals surface area contributed by atoms with Crippen LogP contribution in [-0.4, -0.2) is 24.2 Å². The number of aromatic nitrogens is 4. The van der Waals surface area contributed by atoms with Gasteiger partial charge in [-0.05, 0) is 12.5 Å². The molecule has 2 heterocycles. The maximum absolute atomic E-state index is 11.7. The van der Waals surface area contributed by atoms with Gasteiger partial charge in [0.2, 0.25) is 5.88 Å². The van der Waals surface area contributed by atoms with E-state index in [-0.39, 0.29) is 12.5 Å². The first-order valence-corrected chi connectivity index (χ1v) is 7.38. The van der Waals surface area contributed by atoms with Crippen LogP contribution in [0.1, 0.15) is 18.3 Å². The van der Waals surface area contributed by atoms with Crippen LogP contribution in [0.4, 0.5) is 0 Å². The van der Waals surface area contributed by atoms with Gasteiger partial charge in [-0.2, -0.15) is 4.98 Å². The van der Waals surface area contributed by atoms with E-state index in [9.17, 15) is 9.90 Å². The van der Waals surface area contributed by atoms with E-state index in [1.807, 2.05) is 41.8 Å². The number of hydrogen-bond acceptors (Lipinski definition) is 5. The fraction of sp³-hybridized carbons (Fsp3) is 0.312. The molecule has 23 heavy (non-hydrogen) atoms. The normalized spacial score (nSPS) is 11.2. The van der Waals surface area contributed by atoms with Crippen LogP contribution < -0.4 is 5.69 Å². The SMILES string of the molecule is CCn1c(COCc2ccccc2)nc2c(O)nc(=O)n(C)c21. The van der Waals surface area contributed by atoms with Crippen molar-refractivity contribution in [2.24, 2.45) is 7.05 Å². The van der Waals surface area contributed by atoms with Crippen molar-refractivity contribution < 1.29 is 9.84 Å². The van der Waals surface area contributed by atoms with Crippen LogP contribution in [0.3, 0.4) is 0 Å². The summed E-state index contributed by atoms with van der Waals surface area (Å²) in [5.41, 5.74) is 1.42. The molecule has 0 unspecified atom stereocenters. The molecule has 0 spiro atoms. The molecule has 7 heteroatoms. The summed E-state index contributed by atoms with van der Waals surface area (Å²) in [4.78, 5) is 19.7. The molecule has 0 aliphatic rings. The van der Waals surface area contributed by atoms with Gasteiger partial charge < -0.3 is 14.4 Å². The number of hydrogen-bond donors (Lipinski definition) is 1. The molecule has 0 aliphatic heterocycles. The molecule has 0 saturated heterocycles. The van der Waals surface area contributed by atoms with E-state index in [1.54, 1.807) is 7.05 Å². The monoisotopic (exact) mass is 314 g/mol. The zero-order chi connectivity index (χ0) is 16.4. The molecule has 1 N–H and O–H groups in total. The molecule has 7 nitrogen and oxygen atoms in total. The van der Waals surface area contributed by atoms with Crippen LogP contribution in [0.25, 0.3) is 11.2 Å². The zero-order valence-corrected chi connectivity index (χ0v) is 13.1. The third kappa shape index (κ3) is 2.83. The Kier molecular flexibility index (Phi) is 4.12. The zero-order valence-electron chi connectivity index (χ0n) is 13.1. The minimum Gasteiger partial charge on any atom is -0.492 e. The number of fused-ring (bicyclic) bond motifs is 1. The highest BCUT2D eigenvalue weighted by molar-refractivity contribution is 5.77. The highest BCUT2D eigenvalue weighted by atomic mass is 16.5. The lowest BCUT2D eigenvalue weighted by Crippen LogP contribution is -2.21. The van der Waals surface area contributed by atoms with Gasteiger partial charge in [-0.25, -0.2) is 9.78 Å². The standard InChI is InChI=1S/C16H18N4O3/c1-3-20-12(10-23-9-11-7-5-4-6-8-11)17-13-14(21)18-16(22)19(2)15(13)20/h4-8H,3,9-10H2,1-2H3,(H,18,21,22). The van der Waals surface area contributed by atoms with Gasteiger partial charge in [-0.3, -0.25) is 4.57 Å². The lowest BCUT2D eigenvalue weighted by molar-refractivity contribution is 0.0997. The van der Waals surface area contributed by atoms with Gasteiger partial charge in [-0.1, -0.05) is 30.3 Å². The minimum atomic E-state index is -0.513. The van der Waals surface area contributed by atoms with Gasteiger partial charge in [0.15, 0.2) is 5.52 Å². The highest BCUT2D eigenvalue weighted by Gasteiger charge is 2.17. The molecule has 0 saturated carbocycles. The summed E-state index contributed by atoms with van der Waals surface area (Å²) in [5, 5.41) is 9.87. The second-order valence-electron chi connectivity index (χ2n) is 5.20. The molecule has 0 amide bonds. The molecule has 0 bridgehead atoms. The van der Waals surface area contributed by atoms with Crippen LogP contribution in [-0.2, 0) is 31.5 Å². The average Bonchev–Trinajstić information content (AvgIpc) is 2.93.